The second-order valence-electron chi connectivity index (χ2n) is 3.79. The fourth-order valence-electron chi connectivity index (χ4n) is 1.78. The summed E-state index contributed by atoms with van der Waals surface area (Å²) in [6.45, 7) is 0. The average Bonchev–Trinajstić information content (AvgIpc) is 2.65. The van der Waals surface area contributed by atoms with E-state index in [-0.39, 0.29) is 11.7 Å². The van der Waals surface area contributed by atoms with E-state index in [1.54, 1.807) is 0 Å². The zero-order chi connectivity index (χ0) is 11.5. The van der Waals surface area contributed by atoms with E-state index in [9.17, 15) is 9.18 Å². The molecule has 1 aliphatic rings. The van der Waals surface area contributed by atoms with Gasteiger partial charge in [-0.25, -0.2) is 19.2 Å². The van der Waals surface area contributed by atoms with Gasteiger partial charge in [-0.2, -0.15) is 0 Å². The fraction of sp³-hybridized carbons (Fsp3) is 0.500. The molecule has 0 unspecified atom stereocenters. The highest BCUT2D eigenvalue weighted by atomic mass is 19.1. The van der Waals surface area contributed by atoms with E-state index in [1.165, 1.54) is 6.20 Å². The number of nitrogens with one attached hydrogen (secondary N) is 1. The summed E-state index contributed by atoms with van der Waals surface area (Å²) in [5.41, 5.74) is -0.117. The van der Waals surface area contributed by atoms with Crippen LogP contribution in [0.15, 0.2) is 12.4 Å². The molecule has 0 amide bonds. The molecule has 0 aliphatic heterocycles. The van der Waals surface area contributed by atoms with Crippen molar-refractivity contribution < 1.29 is 14.3 Å². The summed E-state index contributed by atoms with van der Waals surface area (Å²) in [5.74, 6) is -0.706. The minimum atomic E-state index is -1.12. The van der Waals surface area contributed by atoms with Crippen LogP contribution >= 0.6 is 0 Å². The van der Waals surface area contributed by atoms with Crippen molar-refractivity contribution in [1.29, 1.82) is 0 Å². The van der Waals surface area contributed by atoms with E-state index in [4.69, 9.17) is 5.11 Å². The zero-order valence-corrected chi connectivity index (χ0v) is 8.56. The van der Waals surface area contributed by atoms with Crippen LogP contribution in [0.5, 0.6) is 0 Å². The summed E-state index contributed by atoms with van der Waals surface area (Å²) >= 11 is 0. The molecular formula is C10H12FN3O2. The highest BCUT2D eigenvalue weighted by molar-refractivity contribution is 5.84. The third kappa shape index (κ3) is 2.26. The number of hydrogen-bond acceptors (Lipinski definition) is 4. The van der Waals surface area contributed by atoms with Gasteiger partial charge < -0.3 is 10.4 Å². The summed E-state index contributed by atoms with van der Waals surface area (Å²) < 4.78 is 13.3. The first-order valence-corrected chi connectivity index (χ1v) is 5.13. The summed E-state index contributed by atoms with van der Waals surface area (Å²) in [6, 6.07) is -0.232. The van der Waals surface area contributed by atoms with Crippen LogP contribution in [0.3, 0.4) is 0 Å². The van der Waals surface area contributed by atoms with Crippen LogP contribution in [0.4, 0.5) is 10.2 Å². The molecule has 5 nitrogen and oxygen atoms in total. The number of aromatic nitrogens is 2. The van der Waals surface area contributed by atoms with Crippen molar-refractivity contribution in [3.8, 4) is 0 Å². The number of aromatic carboxylic acids is 1. The minimum absolute atomic E-state index is 0.117. The highest BCUT2D eigenvalue weighted by Gasteiger charge is 2.26. The van der Waals surface area contributed by atoms with Gasteiger partial charge in [-0.1, -0.05) is 0 Å². The Labute approximate surface area is 91.7 Å². The molecule has 2 N–H and O–H groups in total. The lowest BCUT2D eigenvalue weighted by Crippen LogP contribution is -2.25. The predicted octanol–water partition coefficient (Wildman–Crippen LogP) is 1.48. The van der Waals surface area contributed by atoms with Crippen LogP contribution < -0.4 is 5.32 Å². The molecule has 2 atom stereocenters. The van der Waals surface area contributed by atoms with Crippen molar-refractivity contribution in [1.82, 2.24) is 9.97 Å². The second kappa shape index (κ2) is 4.42. The third-order valence-electron chi connectivity index (χ3n) is 2.64. The predicted molar refractivity (Wildman–Crippen MR) is 55.1 cm³/mol. The van der Waals surface area contributed by atoms with Crippen molar-refractivity contribution in [2.24, 2.45) is 0 Å². The van der Waals surface area contributed by atoms with Gasteiger partial charge in [0.1, 0.15) is 12.0 Å². The lowest BCUT2D eigenvalue weighted by Gasteiger charge is -2.14. The topological polar surface area (TPSA) is 75.1 Å². The summed E-state index contributed by atoms with van der Waals surface area (Å²) in [4.78, 5) is 18.1. The molecule has 0 radical (unpaired) electrons. The van der Waals surface area contributed by atoms with Gasteiger partial charge in [-0.3, -0.25) is 0 Å². The van der Waals surface area contributed by atoms with Gasteiger partial charge in [0.15, 0.2) is 5.69 Å². The Morgan fingerprint density at radius 3 is 2.75 bits per heavy atom. The minimum Gasteiger partial charge on any atom is -0.476 e. The van der Waals surface area contributed by atoms with Crippen molar-refractivity contribution in [2.75, 3.05) is 5.32 Å². The highest BCUT2D eigenvalue weighted by Crippen LogP contribution is 2.24. The zero-order valence-electron chi connectivity index (χ0n) is 8.56. The molecule has 1 fully saturated rings. The van der Waals surface area contributed by atoms with Gasteiger partial charge in [0.05, 0.1) is 18.4 Å². The number of anilines is 1. The summed E-state index contributed by atoms with van der Waals surface area (Å²) in [6.07, 6.45) is 3.81. The first-order chi connectivity index (χ1) is 7.66. The molecule has 1 aliphatic carbocycles. The van der Waals surface area contributed by atoms with E-state index in [0.717, 1.165) is 19.0 Å². The van der Waals surface area contributed by atoms with E-state index in [0.29, 0.717) is 12.2 Å². The molecule has 16 heavy (non-hydrogen) atoms. The number of carboxylic acids is 1. The van der Waals surface area contributed by atoms with Crippen molar-refractivity contribution in [2.45, 2.75) is 31.5 Å². The first-order valence-electron chi connectivity index (χ1n) is 5.13. The average molecular weight is 225 g/mol. The Morgan fingerprint density at radius 1 is 1.44 bits per heavy atom. The molecule has 2 rings (SSSR count). The van der Waals surface area contributed by atoms with E-state index < -0.39 is 12.1 Å². The SMILES string of the molecule is O=C(O)c1cnc(N[C@@H]2CCC[C@@H]2F)cn1. The van der Waals surface area contributed by atoms with Crippen LogP contribution in [0.1, 0.15) is 29.8 Å². The molecule has 1 aromatic heterocycles. The van der Waals surface area contributed by atoms with Crippen molar-refractivity contribution in [3.63, 3.8) is 0 Å². The maximum atomic E-state index is 13.3. The van der Waals surface area contributed by atoms with Crippen LogP contribution in [0.2, 0.25) is 0 Å². The lowest BCUT2D eigenvalue weighted by atomic mass is 10.2. The molecule has 0 spiro atoms. The number of halogens is 1. The Balaban J connectivity index is 2.02. The third-order valence-corrected chi connectivity index (χ3v) is 2.64. The Morgan fingerprint density at radius 2 is 2.25 bits per heavy atom. The lowest BCUT2D eigenvalue weighted by molar-refractivity contribution is 0.0690. The van der Waals surface area contributed by atoms with E-state index in [2.05, 4.69) is 15.3 Å². The largest absolute Gasteiger partial charge is 0.476 e. The van der Waals surface area contributed by atoms with E-state index in [1.807, 2.05) is 0 Å². The maximum absolute atomic E-state index is 13.3. The fourth-order valence-corrected chi connectivity index (χ4v) is 1.78. The molecule has 1 saturated carbocycles. The quantitative estimate of drug-likeness (QED) is 0.814. The van der Waals surface area contributed by atoms with Crippen LogP contribution in [-0.4, -0.2) is 33.3 Å². The number of rotatable bonds is 3. The van der Waals surface area contributed by atoms with Gasteiger partial charge in [0.2, 0.25) is 0 Å². The van der Waals surface area contributed by atoms with Gasteiger partial charge in [0.25, 0.3) is 0 Å². The van der Waals surface area contributed by atoms with Crippen molar-refractivity contribution in [3.05, 3.63) is 18.1 Å². The van der Waals surface area contributed by atoms with Gasteiger partial charge in [-0.05, 0) is 19.3 Å². The van der Waals surface area contributed by atoms with Gasteiger partial charge >= 0.3 is 5.97 Å². The Bertz CT molecular complexity index is 382. The standard InChI is InChI=1S/C10H12FN3O2/c11-6-2-1-3-7(6)14-9-5-12-8(4-13-9)10(15)16/h4-7H,1-3H2,(H,13,14)(H,15,16)/t6-,7+/m0/s1. The molecular weight excluding hydrogens is 213 g/mol. The number of hydrogen-bond donors (Lipinski definition) is 2. The monoisotopic (exact) mass is 225 g/mol. The van der Waals surface area contributed by atoms with Crippen LogP contribution in [0.25, 0.3) is 0 Å². The molecule has 1 aromatic rings. The van der Waals surface area contributed by atoms with Crippen molar-refractivity contribution >= 4 is 11.8 Å². The molecule has 6 heteroatoms. The van der Waals surface area contributed by atoms with E-state index >= 15 is 0 Å². The molecule has 86 valence electrons. The summed E-state index contributed by atoms with van der Waals surface area (Å²) in [5, 5.41) is 11.5. The molecule has 0 saturated heterocycles. The number of carbonyl (C=O) groups is 1. The Kier molecular flexibility index (Phi) is 2.98. The van der Waals surface area contributed by atoms with Crippen LogP contribution in [-0.2, 0) is 0 Å². The first kappa shape index (κ1) is 10.8. The Hall–Kier alpha value is -1.72. The number of alkyl halides is 1. The van der Waals surface area contributed by atoms with Gasteiger partial charge in [0, 0.05) is 0 Å². The molecule has 1 heterocycles. The molecule has 0 aromatic carbocycles. The number of nitrogens with zero attached hydrogens (tertiary/aromatic N) is 2. The van der Waals surface area contributed by atoms with Gasteiger partial charge in [-0.15, -0.1) is 0 Å². The second-order valence-corrected chi connectivity index (χ2v) is 3.79. The summed E-state index contributed by atoms with van der Waals surface area (Å²) in [7, 11) is 0. The number of carboxylic acid groups (broad SMARTS) is 1. The molecule has 0 bridgehead atoms. The van der Waals surface area contributed by atoms with Crippen LogP contribution in [0, 0.1) is 0 Å². The maximum Gasteiger partial charge on any atom is 0.356 e. The smallest absolute Gasteiger partial charge is 0.356 e. The normalized spacial score (nSPS) is 24.3.